The molecule has 1 aliphatic rings. The van der Waals surface area contributed by atoms with Gasteiger partial charge in [-0.3, -0.25) is 14.4 Å². The lowest BCUT2D eigenvalue weighted by atomic mass is 9.73. The number of carbonyl (C=O) groups excluding carboxylic acids is 3. The van der Waals surface area contributed by atoms with Gasteiger partial charge in [-0.25, -0.2) is 4.99 Å². The molecule has 170 valence electrons. The fourth-order valence-electron chi connectivity index (χ4n) is 4.30. The second-order valence-electron chi connectivity index (χ2n) is 8.51. The molecule has 0 amide bonds. The Labute approximate surface area is 182 Å². The average molecular weight is 433 g/mol. The first-order valence-electron chi connectivity index (χ1n) is 10.5. The van der Waals surface area contributed by atoms with Crippen LogP contribution in [0.25, 0.3) is 0 Å². The van der Waals surface area contributed by atoms with Crippen molar-refractivity contribution in [1.82, 2.24) is 4.90 Å². The molecule has 1 aromatic rings. The van der Waals surface area contributed by atoms with Crippen LogP contribution < -0.4 is 0 Å². The van der Waals surface area contributed by atoms with E-state index >= 15 is 0 Å². The van der Waals surface area contributed by atoms with Crippen molar-refractivity contribution in [3.63, 3.8) is 0 Å². The van der Waals surface area contributed by atoms with Gasteiger partial charge in [0.05, 0.1) is 30.6 Å². The highest BCUT2D eigenvalue weighted by Gasteiger charge is 2.34. The zero-order valence-electron chi connectivity index (χ0n) is 18.4. The number of aliphatic hydroxyl groups excluding tert-OH is 2. The number of Topliss-reactive ketones (excluding diaryl/α,β-unsaturated/α-hetero) is 3. The van der Waals surface area contributed by atoms with Gasteiger partial charge in [0.25, 0.3) is 0 Å². The molecule has 0 saturated heterocycles. The van der Waals surface area contributed by atoms with Crippen LogP contribution >= 0.6 is 0 Å². The maximum Gasteiger partial charge on any atom is 0.167 e. The van der Waals surface area contributed by atoms with E-state index in [1.165, 1.54) is 13.0 Å². The number of benzene rings is 1. The number of aromatic hydroxyl groups is 1. The van der Waals surface area contributed by atoms with Crippen LogP contribution in [0.2, 0.25) is 0 Å². The van der Waals surface area contributed by atoms with Crippen LogP contribution in [-0.4, -0.2) is 71.2 Å². The first-order chi connectivity index (χ1) is 14.7. The molecule has 0 heterocycles. The van der Waals surface area contributed by atoms with Crippen molar-refractivity contribution in [2.45, 2.75) is 39.0 Å². The molecule has 1 aromatic carbocycles. The summed E-state index contributed by atoms with van der Waals surface area (Å²) < 4.78 is 0. The number of rotatable bonds is 11. The zero-order chi connectivity index (χ0) is 23.1. The number of hydrogen-bond acceptors (Lipinski definition) is 7. The predicted molar refractivity (Wildman–Crippen MR) is 117 cm³/mol. The minimum atomic E-state index is -0.761. The summed E-state index contributed by atoms with van der Waals surface area (Å²) in [7, 11) is 3.66. The Morgan fingerprint density at radius 1 is 1.26 bits per heavy atom. The Bertz CT molecular complexity index is 849. The summed E-state index contributed by atoms with van der Waals surface area (Å²) in [6, 6.07) is 3.14. The van der Waals surface area contributed by atoms with E-state index in [-0.39, 0.29) is 66.4 Å². The lowest BCUT2D eigenvalue weighted by Crippen LogP contribution is -2.32. The third-order valence-electron chi connectivity index (χ3n) is 5.68. The second-order valence-corrected chi connectivity index (χ2v) is 8.51. The van der Waals surface area contributed by atoms with Crippen LogP contribution in [0.1, 0.15) is 48.5 Å². The fraction of sp³-hybridized carbons (Fsp3) is 0.565. The summed E-state index contributed by atoms with van der Waals surface area (Å²) in [4.78, 5) is 42.9. The third kappa shape index (κ3) is 6.45. The van der Waals surface area contributed by atoms with Crippen LogP contribution in [0.3, 0.4) is 0 Å². The Kier molecular flexibility index (Phi) is 8.88. The highest BCUT2D eigenvalue weighted by molar-refractivity contribution is 6.02. The second kappa shape index (κ2) is 11.2. The Hall–Kier alpha value is -2.58. The first kappa shape index (κ1) is 24.7. The largest absolute Gasteiger partial charge is 0.507 e. The van der Waals surface area contributed by atoms with Crippen molar-refractivity contribution in [2.24, 2.45) is 22.7 Å². The molecular weight excluding hydrogens is 400 g/mol. The van der Waals surface area contributed by atoms with Gasteiger partial charge in [0.15, 0.2) is 5.78 Å². The molecule has 8 heteroatoms. The zero-order valence-corrected chi connectivity index (χ0v) is 18.4. The highest BCUT2D eigenvalue weighted by atomic mass is 16.3. The summed E-state index contributed by atoms with van der Waals surface area (Å²) in [5, 5.41) is 29.6. The van der Waals surface area contributed by atoms with Crippen molar-refractivity contribution < 1.29 is 29.7 Å². The molecule has 8 nitrogen and oxygen atoms in total. The number of aliphatic imine (C=N–C) groups is 1. The first-order valence-corrected chi connectivity index (χ1v) is 10.5. The number of carbonyl (C=O) groups is 3. The van der Waals surface area contributed by atoms with Gasteiger partial charge >= 0.3 is 0 Å². The summed E-state index contributed by atoms with van der Waals surface area (Å²) in [6.07, 6.45) is 2.78. The molecule has 3 unspecified atom stereocenters. The molecule has 0 aliphatic heterocycles. The topological polar surface area (TPSA) is 128 Å². The lowest BCUT2D eigenvalue weighted by molar-refractivity contribution is -0.131. The maximum atomic E-state index is 12.8. The fourth-order valence-corrected chi connectivity index (χ4v) is 4.30. The van der Waals surface area contributed by atoms with Crippen molar-refractivity contribution in [3.05, 3.63) is 23.3 Å². The number of nitrogens with zero attached hydrogens (tertiary/aromatic N) is 2. The standard InChI is InChI=1S/C23H32N2O6/c1-14(28)8-21(30)18(12-27)16(6-7-26)9-15-10-17-19(24-13-25(2)3)4-5-20(29)23(17)22(31)11-15/h4-5,13,15-16,18,26-27,29H,6-12H2,1-3H3/b24-13+. The van der Waals surface area contributed by atoms with E-state index in [2.05, 4.69) is 4.99 Å². The van der Waals surface area contributed by atoms with E-state index < -0.39 is 12.5 Å². The summed E-state index contributed by atoms with van der Waals surface area (Å²) in [6.45, 7) is 0.754. The van der Waals surface area contributed by atoms with E-state index in [9.17, 15) is 29.7 Å². The van der Waals surface area contributed by atoms with Gasteiger partial charge in [-0.15, -0.1) is 0 Å². The maximum absolute atomic E-state index is 12.8. The van der Waals surface area contributed by atoms with E-state index in [0.29, 0.717) is 24.1 Å². The molecule has 0 radical (unpaired) electrons. The summed E-state index contributed by atoms with van der Waals surface area (Å²) in [5.74, 6) is -2.12. The number of phenols is 1. The van der Waals surface area contributed by atoms with E-state index in [4.69, 9.17) is 0 Å². The van der Waals surface area contributed by atoms with Gasteiger partial charge in [-0.05, 0) is 55.7 Å². The van der Waals surface area contributed by atoms with Crippen molar-refractivity contribution in [2.75, 3.05) is 27.3 Å². The predicted octanol–water partition coefficient (Wildman–Crippen LogP) is 1.90. The molecule has 0 fully saturated rings. The number of phenolic OH excluding ortho intramolecular Hbond substituents is 1. The molecule has 31 heavy (non-hydrogen) atoms. The van der Waals surface area contributed by atoms with E-state index in [1.54, 1.807) is 17.3 Å². The third-order valence-corrected chi connectivity index (χ3v) is 5.68. The molecule has 0 bridgehead atoms. The SMILES string of the molecule is CC(=O)CC(=O)C(CO)C(CCO)CC1CC(=O)c2c(O)ccc(/N=C/N(C)C)c2C1. The smallest absolute Gasteiger partial charge is 0.167 e. The number of fused-ring (bicyclic) bond motifs is 1. The molecule has 0 saturated carbocycles. The van der Waals surface area contributed by atoms with Crippen LogP contribution in [-0.2, 0) is 16.0 Å². The van der Waals surface area contributed by atoms with Crippen LogP contribution in [0.4, 0.5) is 5.69 Å². The molecular formula is C23H32N2O6. The molecule has 2 rings (SSSR count). The van der Waals surface area contributed by atoms with Gasteiger partial charge in [0.2, 0.25) is 0 Å². The molecule has 3 atom stereocenters. The van der Waals surface area contributed by atoms with Gasteiger partial charge in [-0.1, -0.05) is 0 Å². The van der Waals surface area contributed by atoms with E-state index in [0.717, 1.165) is 0 Å². The lowest BCUT2D eigenvalue weighted by Gasteiger charge is -2.31. The van der Waals surface area contributed by atoms with Crippen LogP contribution in [0, 0.1) is 17.8 Å². The van der Waals surface area contributed by atoms with Gasteiger partial charge in [0.1, 0.15) is 17.3 Å². The monoisotopic (exact) mass is 432 g/mol. The summed E-state index contributed by atoms with van der Waals surface area (Å²) in [5.41, 5.74) is 1.55. The minimum Gasteiger partial charge on any atom is -0.507 e. The van der Waals surface area contributed by atoms with Crippen LogP contribution in [0.5, 0.6) is 5.75 Å². The van der Waals surface area contributed by atoms with Gasteiger partial charge < -0.3 is 20.2 Å². The van der Waals surface area contributed by atoms with Crippen molar-refractivity contribution >= 4 is 29.4 Å². The highest BCUT2D eigenvalue weighted by Crippen LogP contribution is 2.40. The Morgan fingerprint density at radius 3 is 2.55 bits per heavy atom. The number of ketones is 3. The minimum absolute atomic E-state index is 0.0703. The number of aliphatic hydroxyl groups is 2. The summed E-state index contributed by atoms with van der Waals surface area (Å²) >= 11 is 0. The van der Waals surface area contributed by atoms with Crippen molar-refractivity contribution in [1.29, 1.82) is 0 Å². The molecule has 0 spiro atoms. The Balaban J connectivity index is 2.30. The molecule has 0 aromatic heterocycles. The van der Waals surface area contributed by atoms with Gasteiger partial charge in [-0.2, -0.15) is 0 Å². The van der Waals surface area contributed by atoms with Crippen LogP contribution in [0.15, 0.2) is 17.1 Å². The normalized spacial score (nSPS) is 18.0. The quantitative estimate of drug-likeness (QED) is 0.277. The van der Waals surface area contributed by atoms with Crippen molar-refractivity contribution in [3.8, 4) is 5.75 Å². The molecule has 1 aliphatic carbocycles. The Morgan fingerprint density at radius 2 is 1.97 bits per heavy atom. The van der Waals surface area contributed by atoms with E-state index in [1.807, 2.05) is 14.1 Å². The molecule has 3 N–H and O–H groups in total. The number of hydrogen-bond donors (Lipinski definition) is 3. The van der Waals surface area contributed by atoms with Gasteiger partial charge in [0, 0.05) is 33.0 Å². The average Bonchev–Trinajstić information content (AvgIpc) is 2.67.